The van der Waals surface area contributed by atoms with E-state index in [0.29, 0.717) is 12.4 Å². The number of ether oxygens (including phenoxy) is 1. The standard InChI is InChI=1S/C15H20N2O3S2/c1-3-20-15(19)13(10-22-11-21-2)17-14(18)7-6-12-5-4-8-16-9-12/h4-9,13H,3,10-11H2,1-2H3,(H,17,18)/b7-6-/t13-/m1/s1. The summed E-state index contributed by atoms with van der Waals surface area (Å²) in [4.78, 5) is 27.7. The Morgan fingerprint density at radius 2 is 2.32 bits per heavy atom. The normalized spacial score (nSPS) is 12.1. The van der Waals surface area contributed by atoms with Crippen LogP contribution in [0.15, 0.2) is 30.6 Å². The molecule has 5 nitrogen and oxygen atoms in total. The van der Waals surface area contributed by atoms with Crippen molar-refractivity contribution in [2.45, 2.75) is 13.0 Å². The highest BCUT2D eigenvalue weighted by molar-refractivity contribution is 8.15. The molecule has 0 unspecified atom stereocenters. The Morgan fingerprint density at radius 3 is 2.95 bits per heavy atom. The fourth-order valence-corrected chi connectivity index (χ4v) is 3.03. The Hall–Kier alpha value is -1.47. The molecule has 7 heteroatoms. The molecule has 0 bridgehead atoms. The minimum absolute atomic E-state index is 0.296. The summed E-state index contributed by atoms with van der Waals surface area (Å²) in [6.07, 6.45) is 8.35. The maximum atomic E-state index is 11.9. The lowest BCUT2D eigenvalue weighted by molar-refractivity contribution is -0.146. The highest BCUT2D eigenvalue weighted by atomic mass is 32.2. The summed E-state index contributed by atoms with van der Waals surface area (Å²) in [5.41, 5.74) is 0.821. The lowest BCUT2D eigenvalue weighted by Crippen LogP contribution is -2.43. The molecule has 1 aromatic heterocycles. The van der Waals surface area contributed by atoms with Crippen molar-refractivity contribution >= 4 is 41.5 Å². The van der Waals surface area contributed by atoms with Gasteiger partial charge in [-0.2, -0.15) is 11.8 Å². The highest BCUT2D eigenvalue weighted by Gasteiger charge is 2.20. The zero-order chi connectivity index (χ0) is 16.2. The lowest BCUT2D eigenvalue weighted by atomic mass is 10.2. The number of carbonyl (C=O) groups excluding carboxylic acids is 2. The van der Waals surface area contributed by atoms with E-state index in [2.05, 4.69) is 10.3 Å². The van der Waals surface area contributed by atoms with Gasteiger partial charge in [-0.3, -0.25) is 9.78 Å². The largest absolute Gasteiger partial charge is 0.464 e. The Kier molecular flexibility index (Phi) is 9.41. The zero-order valence-corrected chi connectivity index (χ0v) is 14.3. The number of rotatable bonds is 9. The second-order valence-corrected chi connectivity index (χ2v) is 6.47. The average molecular weight is 340 g/mol. The van der Waals surface area contributed by atoms with Crippen LogP contribution in [0.25, 0.3) is 6.08 Å². The topological polar surface area (TPSA) is 68.3 Å². The molecule has 0 aliphatic heterocycles. The molecule has 1 rings (SSSR count). The van der Waals surface area contributed by atoms with E-state index in [0.717, 1.165) is 10.6 Å². The van der Waals surface area contributed by atoms with Crippen molar-refractivity contribution in [3.63, 3.8) is 0 Å². The summed E-state index contributed by atoms with van der Waals surface area (Å²) in [6.45, 7) is 2.04. The monoisotopic (exact) mass is 340 g/mol. The number of aromatic nitrogens is 1. The molecule has 0 aliphatic carbocycles. The van der Waals surface area contributed by atoms with Gasteiger partial charge in [-0.15, -0.1) is 11.8 Å². The van der Waals surface area contributed by atoms with Crippen molar-refractivity contribution in [3.05, 3.63) is 36.2 Å². The number of hydrogen-bond donors (Lipinski definition) is 1. The van der Waals surface area contributed by atoms with Crippen LogP contribution in [0.2, 0.25) is 0 Å². The van der Waals surface area contributed by atoms with Gasteiger partial charge in [0.15, 0.2) is 0 Å². The number of esters is 1. The summed E-state index contributed by atoms with van der Waals surface area (Å²) >= 11 is 3.26. The van der Waals surface area contributed by atoms with Crippen LogP contribution in [0.1, 0.15) is 12.5 Å². The molecular weight excluding hydrogens is 320 g/mol. The maximum absolute atomic E-state index is 11.9. The van der Waals surface area contributed by atoms with Crippen molar-refractivity contribution in [2.24, 2.45) is 0 Å². The van der Waals surface area contributed by atoms with E-state index in [1.165, 1.54) is 6.08 Å². The predicted octanol–water partition coefficient (Wildman–Crippen LogP) is 2.20. The third-order valence-electron chi connectivity index (χ3n) is 2.48. The summed E-state index contributed by atoms with van der Waals surface area (Å²) in [5, 5.41) is 3.54. The molecule has 1 atom stereocenters. The maximum Gasteiger partial charge on any atom is 0.329 e. The van der Waals surface area contributed by atoms with E-state index >= 15 is 0 Å². The molecule has 1 N–H and O–H groups in total. The first-order valence-electron chi connectivity index (χ1n) is 6.79. The summed E-state index contributed by atoms with van der Waals surface area (Å²) < 4.78 is 4.99. The number of nitrogens with zero attached hydrogens (tertiary/aromatic N) is 1. The van der Waals surface area contributed by atoms with E-state index in [4.69, 9.17) is 4.74 Å². The minimum Gasteiger partial charge on any atom is -0.464 e. The van der Waals surface area contributed by atoms with Crippen LogP contribution in [-0.4, -0.2) is 46.6 Å². The number of carbonyl (C=O) groups is 2. The van der Waals surface area contributed by atoms with Gasteiger partial charge >= 0.3 is 5.97 Å². The number of thioether (sulfide) groups is 2. The van der Waals surface area contributed by atoms with Gasteiger partial charge in [0.25, 0.3) is 0 Å². The quantitative estimate of drug-likeness (QED) is 0.322. The number of amides is 1. The van der Waals surface area contributed by atoms with E-state index < -0.39 is 12.0 Å². The summed E-state index contributed by atoms with van der Waals surface area (Å²) in [7, 11) is 0. The number of hydrogen-bond acceptors (Lipinski definition) is 6. The molecule has 0 spiro atoms. The SMILES string of the molecule is CCOC(=O)[C@@H](CSCSC)NC(=O)/C=C\c1cccnc1. The van der Waals surface area contributed by atoms with Crippen LogP contribution in [0.3, 0.4) is 0 Å². The molecular formula is C15H20N2O3S2. The Balaban J connectivity index is 2.57. The Morgan fingerprint density at radius 1 is 1.50 bits per heavy atom. The third-order valence-corrected chi connectivity index (χ3v) is 4.66. The highest BCUT2D eigenvalue weighted by Crippen LogP contribution is 2.11. The fourth-order valence-electron chi connectivity index (χ4n) is 1.53. The molecule has 0 fully saturated rings. The predicted molar refractivity (Wildman–Crippen MR) is 92.7 cm³/mol. The Bertz CT molecular complexity index is 495. The van der Waals surface area contributed by atoms with Gasteiger partial charge < -0.3 is 10.1 Å². The molecule has 0 saturated carbocycles. The minimum atomic E-state index is -0.636. The molecule has 0 saturated heterocycles. The van der Waals surface area contributed by atoms with Crippen LogP contribution in [-0.2, 0) is 14.3 Å². The molecule has 120 valence electrons. The second kappa shape index (κ2) is 11.1. The molecule has 1 amide bonds. The van der Waals surface area contributed by atoms with Gasteiger partial charge in [0.1, 0.15) is 6.04 Å². The van der Waals surface area contributed by atoms with E-state index in [-0.39, 0.29) is 5.91 Å². The molecule has 0 radical (unpaired) electrons. The van der Waals surface area contributed by atoms with E-state index in [9.17, 15) is 9.59 Å². The molecule has 0 aliphatic rings. The fraction of sp³-hybridized carbons (Fsp3) is 0.400. The Labute approximate surface area is 139 Å². The number of nitrogens with one attached hydrogen (secondary N) is 1. The van der Waals surface area contributed by atoms with Crippen molar-refractivity contribution in [1.29, 1.82) is 0 Å². The van der Waals surface area contributed by atoms with Gasteiger partial charge in [-0.1, -0.05) is 6.07 Å². The van der Waals surface area contributed by atoms with Crippen LogP contribution in [0.4, 0.5) is 0 Å². The van der Waals surface area contributed by atoms with Gasteiger partial charge in [0, 0.05) is 29.3 Å². The van der Waals surface area contributed by atoms with Crippen molar-refractivity contribution in [1.82, 2.24) is 10.3 Å². The molecule has 1 heterocycles. The zero-order valence-electron chi connectivity index (χ0n) is 12.7. The first kappa shape index (κ1) is 18.6. The van der Waals surface area contributed by atoms with Crippen LogP contribution in [0, 0.1) is 0 Å². The first-order valence-corrected chi connectivity index (χ1v) is 9.34. The average Bonchev–Trinajstić information content (AvgIpc) is 2.53. The summed E-state index contributed by atoms with van der Waals surface area (Å²) in [5.74, 6) is -0.238. The van der Waals surface area contributed by atoms with Crippen molar-refractivity contribution < 1.29 is 14.3 Å². The van der Waals surface area contributed by atoms with Crippen LogP contribution in [0.5, 0.6) is 0 Å². The van der Waals surface area contributed by atoms with Gasteiger partial charge in [0.05, 0.1) is 6.61 Å². The van der Waals surface area contributed by atoms with Crippen molar-refractivity contribution in [3.8, 4) is 0 Å². The first-order chi connectivity index (χ1) is 10.7. The van der Waals surface area contributed by atoms with Gasteiger partial charge in [-0.25, -0.2) is 4.79 Å². The van der Waals surface area contributed by atoms with E-state index in [1.807, 2.05) is 12.3 Å². The van der Waals surface area contributed by atoms with Crippen LogP contribution >= 0.6 is 23.5 Å². The van der Waals surface area contributed by atoms with Crippen molar-refractivity contribution in [2.75, 3.05) is 23.7 Å². The third kappa shape index (κ3) is 7.51. The second-order valence-electron chi connectivity index (χ2n) is 4.21. The van der Waals surface area contributed by atoms with Gasteiger partial charge in [-0.05, 0) is 30.9 Å². The lowest BCUT2D eigenvalue weighted by Gasteiger charge is -2.15. The number of pyridine rings is 1. The van der Waals surface area contributed by atoms with E-state index in [1.54, 1.807) is 55.0 Å². The van der Waals surface area contributed by atoms with Crippen LogP contribution < -0.4 is 5.32 Å². The molecule has 0 aromatic carbocycles. The summed E-state index contributed by atoms with van der Waals surface area (Å²) in [6, 6.07) is 2.99. The van der Waals surface area contributed by atoms with Gasteiger partial charge in [0.2, 0.25) is 5.91 Å². The molecule has 22 heavy (non-hydrogen) atoms. The smallest absolute Gasteiger partial charge is 0.329 e. The molecule has 1 aromatic rings.